The van der Waals surface area contributed by atoms with Gasteiger partial charge in [0.2, 0.25) is 0 Å². The molecule has 0 atom stereocenters. The summed E-state index contributed by atoms with van der Waals surface area (Å²) >= 11 is 3.34. The molecule has 29 heavy (non-hydrogen) atoms. The number of nitro groups is 1. The number of halogens is 2. The van der Waals surface area contributed by atoms with Crippen LogP contribution in [-0.4, -0.2) is 14.9 Å². The lowest BCUT2D eigenvalue weighted by Gasteiger charge is -2.10. The summed E-state index contributed by atoms with van der Waals surface area (Å²) in [5.74, 6) is 0.0954. The molecule has 0 aliphatic rings. The first-order valence-electron chi connectivity index (χ1n) is 8.19. The summed E-state index contributed by atoms with van der Waals surface area (Å²) in [5.41, 5.74) is -1.68. The number of hydrogen-bond donors (Lipinski definition) is 2. The van der Waals surface area contributed by atoms with E-state index in [4.69, 9.17) is 4.74 Å². The van der Waals surface area contributed by atoms with Crippen LogP contribution in [0, 0.1) is 15.9 Å². The van der Waals surface area contributed by atoms with Crippen molar-refractivity contribution in [1.82, 2.24) is 9.97 Å². The summed E-state index contributed by atoms with van der Waals surface area (Å²) in [6, 6.07) is 11.0. The predicted octanol–water partition coefficient (Wildman–Crippen LogP) is 3.62. The molecule has 1 aromatic heterocycles. The first-order chi connectivity index (χ1) is 13.8. The molecule has 0 fully saturated rings. The zero-order valence-electron chi connectivity index (χ0n) is 14.6. The maximum Gasteiger partial charge on any atom is 0.357 e. The molecule has 0 saturated carbocycles. The van der Waals surface area contributed by atoms with Gasteiger partial charge in [-0.15, -0.1) is 0 Å². The molecule has 148 valence electrons. The van der Waals surface area contributed by atoms with Crippen molar-refractivity contribution in [2.45, 2.75) is 6.61 Å². The number of ether oxygens (including phenoxy) is 1. The Labute approximate surface area is 171 Å². The van der Waals surface area contributed by atoms with E-state index in [1.807, 2.05) is 4.98 Å². The van der Waals surface area contributed by atoms with E-state index < -0.39 is 21.9 Å². The summed E-state index contributed by atoms with van der Waals surface area (Å²) in [5, 5.41) is 11.1. The molecular weight excluding hydrogens is 449 g/mol. The smallest absolute Gasteiger partial charge is 0.357 e. The lowest BCUT2D eigenvalue weighted by atomic mass is 10.1. The van der Waals surface area contributed by atoms with E-state index in [2.05, 4.69) is 20.9 Å². The minimum atomic E-state index is -1.10. The molecule has 0 spiro atoms. The normalized spacial score (nSPS) is 11.0. The van der Waals surface area contributed by atoms with Crippen LogP contribution in [0.4, 0.5) is 10.1 Å². The predicted molar refractivity (Wildman–Crippen MR) is 108 cm³/mol. The van der Waals surface area contributed by atoms with Gasteiger partial charge in [0.1, 0.15) is 23.9 Å². The number of aromatic amines is 2. The van der Waals surface area contributed by atoms with Crippen molar-refractivity contribution in [1.29, 1.82) is 0 Å². The number of benzene rings is 2. The number of nitrogens with zero attached hydrogens (tertiary/aromatic N) is 1. The largest absolute Gasteiger partial charge is 0.488 e. The van der Waals surface area contributed by atoms with Gasteiger partial charge in [0.15, 0.2) is 0 Å². The highest BCUT2D eigenvalue weighted by Gasteiger charge is 2.19. The summed E-state index contributed by atoms with van der Waals surface area (Å²) in [4.78, 5) is 37.5. The van der Waals surface area contributed by atoms with E-state index in [0.29, 0.717) is 11.3 Å². The second-order valence-corrected chi connectivity index (χ2v) is 6.77. The highest BCUT2D eigenvalue weighted by Crippen LogP contribution is 2.26. The molecule has 0 aliphatic heterocycles. The van der Waals surface area contributed by atoms with E-state index >= 15 is 0 Å². The Kier molecular flexibility index (Phi) is 6.03. The van der Waals surface area contributed by atoms with E-state index in [1.54, 1.807) is 30.3 Å². The Morgan fingerprint density at radius 3 is 2.52 bits per heavy atom. The Morgan fingerprint density at radius 2 is 1.83 bits per heavy atom. The molecule has 0 radical (unpaired) electrons. The number of rotatable bonds is 6. The van der Waals surface area contributed by atoms with E-state index in [1.165, 1.54) is 24.3 Å². The van der Waals surface area contributed by atoms with E-state index in [0.717, 1.165) is 10.0 Å². The van der Waals surface area contributed by atoms with Crippen molar-refractivity contribution in [3.63, 3.8) is 0 Å². The van der Waals surface area contributed by atoms with Crippen molar-refractivity contribution in [3.05, 3.63) is 101 Å². The summed E-state index contributed by atoms with van der Waals surface area (Å²) in [7, 11) is 0. The molecule has 3 rings (SSSR count). The maximum absolute atomic E-state index is 13.0. The van der Waals surface area contributed by atoms with Crippen molar-refractivity contribution >= 4 is 33.8 Å². The van der Waals surface area contributed by atoms with E-state index in [-0.39, 0.29) is 18.1 Å². The fraction of sp³-hybridized carbons (Fsp3) is 0.0526. The van der Waals surface area contributed by atoms with Gasteiger partial charge in [0.25, 0.3) is 0 Å². The Hall–Kier alpha value is -3.53. The zero-order valence-corrected chi connectivity index (χ0v) is 16.2. The lowest BCUT2D eigenvalue weighted by molar-refractivity contribution is -0.386. The van der Waals surface area contributed by atoms with Crippen LogP contribution < -0.4 is 16.0 Å². The van der Waals surface area contributed by atoms with Crippen LogP contribution >= 0.6 is 15.9 Å². The van der Waals surface area contributed by atoms with Crippen LogP contribution in [0.1, 0.15) is 16.8 Å². The Morgan fingerprint density at radius 1 is 1.10 bits per heavy atom. The van der Waals surface area contributed by atoms with Gasteiger partial charge in [0.05, 0.1) is 4.92 Å². The number of H-pyrrole nitrogens is 2. The average Bonchev–Trinajstić information content (AvgIpc) is 2.66. The summed E-state index contributed by atoms with van der Waals surface area (Å²) in [6.45, 7) is 0.171. The minimum absolute atomic E-state index is 0.171. The highest BCUT2D eigenvalue weighted by molar-refractivity contribution is 9.10. The molecule has 1 heterocycles. The third-order valence-electron chi connectivity index (χ3n) is 3.84. The van der Waals surface area contributed by atoms with Crippen molar-refractivity contribution in [3.8, 4) is 5.75 Å². The maximum atomic E-state index is 13.0. The van der Waals surface area contributed by atoms with Gasteiger partial charge in [-0.3, -0.25) is 19.9 Å². The molecule has 0 amide bonds. The van der Waals surface area contributed by atoms with Crippen LogP contribution in [0.5, 0.6) is 5.75 Å². The minimum Gasteiger partial charge on any atom is -0.488 e. The van der Waals surface area contributed by atoms with Gasteiger partial charge in [0, 0.05) is 10.0 Å². The van der Waals surface area contributed by atoms with Crippen LogP contribution in [0.2, 0.25) is 0 Å². The van der Waals surface area contributed by atoms with Gasteiger partial charge < -0.3 is 9.72 Å². The highest BCUT2D eigenvalue weighted by atomic mass is 79.9. The van der Waals surface area contributed by atoms with E-state index in [9.17, 15) is 24.1 Å². The summed E-state index contributed by atoms with van der Waals surface area (Å²) in [6.07, 6.45) is 2.73. The van der Waals surface area contributed by atoms with Crippen LogP contribution in [0.3, 0.4) is 0 Å². The molecule has 8 nitrogen and oxygen atoms in total. The summed E-state index contributed by atoms with van der Waals surface area (Å²) < 4.78 is 19.5. The zero-order chi connectivity index (χ0) is 21.0. The number of aromatic nitrogens is 2. The van der Waals surface area contributed by atoms with Crippen LogP contribution in [0.15, 0.2) is 56.5 Å². The van der Waals surface area contributed by atoms with Crippen molar-refractivity contribution < 1.29 is 14.1 Å². The van der Waals surface area contributed by atoms with Gasteiger partial charge >= 0.3 is 16.9 Å². The van der Waals surface area contributed by atoms with Gasteiger partial charge in [-0.2, -0.15) is 0 Å². The van der Waals surface area contributed by atoms with Crippen LogP contribution in [0.25, 0.3) is 12.2 Å². The van der Waals surface area contributed by atoms with Crippen LogP contribution in [-0.2, 0) is 6.61 Å². The third kappa shape index (κ3) is 5.05. The number of nitrogens with one attached hydrogen (secondary N) is 2. The first kappa shape index (κ1) is 20.2. The monoisotopic (exact) mass is 461 g/mol. The fourth-order valence-electron chi connectivity index (χ4n) is 2.50. The molecular formula is C19H13BrFN3O5. The van der Waals surface area contributed by atoms with Gasteiger partial charge in [-0.25, -0.2) is 9.18 Å². The standard InChI is InChI=1S/C19H13BrFN3O5/c20-13-4-8-16(29-10-11-1-5-14(21)6-2-11)12(9-13)3-7-15-17(24(27)28)18(25)23-19(26)22-15/h1-9H,10H2,(H2,22,23,25,26). The Balaban J connectivity index is 1.92. The average molecular weight is 462 g/mol. The molecule has 0 aliphatic carbocycles. The molecule has 0 unspecified atom stereocenters. The number of hydrogen-bond acceptors (Lipinski definition) is 5. The molecule has 2 N–H and O–H groups in total. The second kappa shape index (κ2) is 8.65. The second-order valence-electron chi connectivity index (χ2n) is 5.86. The third-order valence-corrected chi connectivity index (χ3v) is 4.33. The molecule has 3 aromatic rings. The molecule has 0 bridgehead atoms. The lowest BCUT2D eigenvalue weighted by Crippen LogP contribution is -2.25. The quantitative estimate of drug-likeness (QED) is 0.429. The molecule has 2 aromatic carbocycles. The molecule has 0 saturated heterocycles. The first-order valence-corrected chi connectivity index (χ1v) is 8.98. The van der Waals surface area contributed by atoms with Crippen molar-refractivity contribution in [2.75, 3.05) is 0 Å². The van der Waals surface area contributed by atoms with Crippen molar-refractivity contribution in [2.24, 2.45) is 0 Å². The molecule has 10 heteroatoms. The topological polar surface area (TPSA) is 118 Å². The SMILES string of the molecule is O=c1[nH]c(C=Cc2cc(Br)ccc2OCc2ccc(F)cc2)c([N+](=O)[O-])c(=O)[nH]1. The fourth-order valence-corrected chi connectivity index (χ4v) is 2.87. The van der Waals surface area contributed by atoms with Gasteiger partial charge in [-0.05, 0) is 48.0 Å². The van der Waals surface area contributed by atoms with Gasteiger partial charge in [-0.1, -0.05) is 28.1 Å². The Bertz CT molecular complexity index is 1200.